The summed E-state index contributed by atoms with van der Waals surface area (Å²) in [6, 6.07) is 9.53. The van der Waals surface area contributed by atoms with Crippen molar-refractivity contribution in [3.8, 4) is 0 Å². The first-order chi connectivity index (χ1) is 15.5. The molecule has 0 bridgehead atoms. The Morgan fingerprint density at radius 1 is 1.12 bits per heavy atom. The molecule has 32 heavy (non-hydrogen) atoms. The van der Waals surface area contributed by atoms with Crippen molar-refractivity contribution in [1.29, 1.82) is 0 Å². The number of aryl methyl sites for hydroxylation is 1. The molecule has 0 unspecified atom stereocenters. The fraction of sp³-hybridized carbons (Fsp3) is 0.292. The van der Waals surface area contributed by atoms with E-state index in [1.807, 2.05) is 37.3 Å². The summed E-state index contributed by atoms with van der Waals surface area (Å²) >= 11 is 0. The number of piperidine rings is 1. The van der Waals surface area contributed by atoms with Crippen LogP contribution in [0.2, 0.25) is 0 Å². The van der Waals surface area contributed by atoms with Gasteiger partial charge < -0.3 is 16.0 Å². The minimum atomic E-state index is -0.539. The monoisotopic (exact) mass is 430 g/mol. The van der Waals surface area contributed by atoms with Crippen LogP contribution in [0.25, 0.3) is 0 Å². The van der Waals surface area contributed by atoms with Gasteiger partial charge in [0.1, 0.15) is 0 Å². The number of pyridine rings is 3. The fourth-order valence-corrected chi connectivity index (χ4v) is 3.78. The van der Waals surface area contributed by atoms with Crippen LogP contribution >= 0.6 is 0 Å². The lowest BCUT2D eigenvalue weighted by Gasteiger charge is -2.26. The Hall–Kier alpha value is -3.81. The van der Waals surface area contributed by atoms with Gasteiger partial charge in [0, 0.05) is 55.4 Å². The Balaban J connectivity index is 1.50. The summed E-state index contributed by atoms with van der Waals surface area (Å²) in [6.45, 7) is 3.19. The second kappa shape index (κ2) is 9.55. The van der Waals surface area contributed by atoms with Crippen LogP contribution in [-0.2, 0) is 17.8 Å². The van der Waals surface area contributed by atoms with E-state index in [0.29, 0.717) is 30.6 Å². The molecule has 1 aliphatic heterocycles. The van der Waals surface area contributed by atoms with Crippen LogP contribution in [-0.4, -0.2) is 33.3 Å². The van der Waals surface area contributed by atoms with Crippen molar-refractivity contribution in [2.75, 3.05) is 16.8 Å². The first-order valence-electron chi connectivity index (χ1n) is 10.7. The summed E-state index contributed by atoms with van der Waals surface area (Å²) in [5, 5.41) is 3.29. The summed E-state index contributed by atoms with van der Waals surface area (Å²) in [4.78, 5) is 39.0. The van der Waals surface area contributed by atoms with Gasteiger partial charge in [-0.3, -0.25) is 24.5 Å². The number of nitrogens with two attached hydrogens (primary N) is 1. The van der Waals surface area contributed by atoms with E-state index in [1.165, 1.54) is 6.20 Å². The Morgan fingerprint density at radius 3 is 2.69 bits per heavy atom. The molecule has 0 atom stereocenters. The molecule has 1 fully saturated rings. The van der Waals surface area contributed by atoms with Crippen molar-refractivity contribution < 1.29 is 9.59 Å². The smallest absolute Gasteiger partial charge is 0.252 e. The molecule has 3 aromatic rings. The number of nitrogens with zero attached hydrogens (tertiary/aromatic N) is 4. The number of carbonyl (C=O) groups is 2. The van der Waals surface area contributed by atoms with E-state index in [-0.39, 0.29) is 5.91 Å². The quantitative estimate of drug-likeness (QED) is 0.596. The van der Waals surface area contributed by atoms with Crippen molar-refractivity contribution in [2.45, 2.75) is 39.2 Å². The molecular weight excluding hydrogens is 404 g/mol. The molecule has 8 nitrogen and oxygen atoms in total. The largest absolute Gasteiger partial charge is 0.380 e. The average Bonchev–Trinajstić information content (AvgIpc) is 2.79. The highest BCUT2D eigenvalue weighted by molar-refractivity contribution is 5.98. The Bertz CT molecular complexity index is 1130. The topological polar surface area (TPSA) is 114 Å². The van der Waals surface area contributed by atoms with E-state index in [4.69, 9.17) is 5.73 Å². The highest BCUT2D eigenvalue weighted by Crippen LogP contribution is 2.22. The molecule has 164 valence electrons. The van der Waals surface area contributed by atoms with Crippen LogP contribution in [0.4, 0.5) is 11.4 Å². The van der Waals surface area contributed by atoms with E-state index in [9.17, 15) is 9.59 Å². The van der Waals surface area contributed by atoms with Crippen LogP contribution in [0.15, 0.2) is 48.9 Å². The maximum Gasteiger partial charge on any atom is 0.252 e. The Morgan fingerprint density at radius 2 is 1.97 bits per heavy atom. The summed E-state index contributed by atoms with van der Waals surface area (Å²) in [5.74, 6) is -0.391. The van der Waals surface area contributed by atoms with Gasteiger partial charge >= 0.3 is 0 Å². The number of amides is 2. The van der Waals surface area contributed by atoms with Gasteiger partial charge in [-0.25, -0.2) is 0 Å². The number of aromatic nitrogens is 3. The molecule has 4 rings (SSSR count). The number of primary amides is 1. The fourth-order valence-electron chi connectivity index (χ4n) is 3.78. The minimum absolute atomic E-state index is 0.147. The van der Waals surface area contributed by atoms with Crippen LogP contribution in [0.5, 0.6) is 0 Å². The van der Waals surface area contributed by atoms with E-state index in [1.54, 1.807) is 17.3 Å². The van der Waals surface area contributed by atoms with Gasteiger partial charge in [-0.1, -0.05) is 6.07 Å². The zero-order valence-electron chi connectivity index (χ0n) is 18.0. The summed E-state index contributed by atoms with van der Waals surface area (Å²) in [7, 11) is 0. The molecule has 2 amide bonds. The number of carbonyl (C=O) groups excluding carboxylic acids is 2. The third kappa shape index (κ3) is 4.91. The molecule has 1 saturated heterocycles. The van der Waals surface area contributed by atoms with Gasteiger partial charge in [0.25, 0.3) is 5.91 Å². The molecule has 0 spiro atoms. The molecular formula is C24H26N6O2. The highest BCUT2D eigenvalue weighted by Gasteiger charge is 2.19. The molecule has 0 saturated carbocycles. The van der Waals surface area contributed by atoms with Crippen molar-refractivity contribution in [3.63, 3.8) is 0 Å². The predicted octanol–water partition coefficient (Wildman–Crippen LogP) is 3.00. The number of hydrogen-bond donors (Lipinski definition) is 2. The van der Waals surface area contributed by atoms with Crippen LogP contribution in [0, 0.1) is 6.92 Å². The maximum absolute atomic E-state index is 12.1. The van der Waals surface area contributed by atoms with Crippen LogP contribution < -0.4 is 16.0 Å². The van der Waals surface area contributed by atoms with Gasteiger partial charge in [-0.05, 0) is 49.6 Å². The van der Waals surface area contributed by atoms with Gasteiger partial charge in [0.05, 0.1) is 23.1 Å². The second-order valence-electron chi connectivity index (χ2n) is 7.87. The van der Waals surface area contributed by atoms with Gasteiger partial charge in [0.15, 0.2) is 0 Å². The van der Waals surface area contributed by atoms with Crippen molar-refractivity contribution in [1.82, 2.24) is 15.0 Å². The first kappa shape index (κ1) is 21.4. The number of rotatable bonds is 7. The van der Waals surface area contributed by atoms with E-state index < -0.39 is 5.91 Å². The zero-order valence-corrected chi connectivity index (χ0v) is 18.0. The molecule has 1 aliphatic rings. The molecule has 8 heteroatoms. The van der Waals surface area contributed by atoms with Gasteiger partial charge in [-0.15, -0.1) is 0 Å². The van der Waals surface area contributed by atoms with E-state index >= 15 is 0 Å². The standard InChI is InChI=1S/C24H26N6O2/c1-16-17(5-4-9-26-16)13-29-22-12-19(28-15-21(22)24(25)32)11-18-7-8-20(14-27-18)30-10-3-2-6-23(30)31/h4-5,7-9,12,14-15H,2-3,6,10-11,13H2,1H3,(H2,25,32)(H,28,29). The molecule has 3 aromatic heterocycles. The molecule has 3 N–H and O–H groups in total. The SMILES string of the molecule is Cc1ncccc1CNc1cc(Cc2ccc(N3CCCCC3=O)cn2)ncc1C(N)=O. The third-order valence-electron chi connectivity index (χ3n) is 5.62. The number of anilines is 2. The summed E-state index contributed by atoms with van der Waals surface area (Å²) in [6.07, 6.45) is 8.03. The van der Waals surface area contributed by atoms with Gasteiger partial charge in [0.2, 0.25) is 5.91 Å². The van der Waals surface area contributed by atoms with Gasteiger partial charge in [-0.2, -0.15) is 0 Å². The van der Waals surface area contributed by atoms with Crippen molar-refractivity contribution in [2.24, 2.45) is 5.73 Å². The van der Waals surface area contributed by atoms with Crippen molar-refractivity contribution in [3.05, 3.63) is 77.1 Å². The zero-order chi connectivity index (χ0) is 22.5. The maximum atomic E-state index is 12.1. The van der Waals surface area contributed by atoms with Crippen LogP contribution in [0.1, 0.15) is 52.3 Å². The molecule has 4 heterocycles. The normalized spacial score (nSPS) is 13.8. The molecule has 0 aromatic carbocycles. The number of hydrogen-bond acceptors (Lipinski definition) is 6. The lowest BCUT2D eigenvalue weighted by molar-refractivity contribution is -0.119. The lowest BCUT2D eigenvalue weighted by Crippen LogP contribution is -2.35. The summed E-state index contributed by atoms with van der Waals surface area (Å²) in [5.41, 5.74) is 10.9. The third-order valence-corrected chi connectivity index (χ3v) is 5.62. The first-order valence-corrected chi connectivity index (χ1v) is 10.7. The Kier molecular flexibility index (Phi) is 6.39. The predicted molar refractivity (Wildman–Crippen MR) is 122 cm³/mol. The second-order valence-corrected chi connectivity index (χ2v) is 7.87. The van der Waals surface area contributed by atoms with Crippen molar-refractivity contribution >= 4 is 23.2 Å². The Labute approximate surface area is 186 Å². The summed E-state index contributed by atoms with van der Waals surface area (Å²) < 4.78 is 0. The molecule has 0 aliphatic carbocycles. The average molecular weight is 431 g/mol. The highest BCUT2D eigenvalue weighted by atomic mass is 16.2. The van der Waals surface area contributed by atoms with E-state index in [2.05, 4.69) is 20.3 Å². The van der Waals surface area contributed by atoms with E-state index in [0.717, 1.165) is 47.7 Å². The van der Waals surface area contributed by atoms with Crippen LogP contribution in [0.3, 0.4) is 0 Å². The molecule has 0 radical (unpaired) electrons. The number of nitrogens with one attached hydrogen (secondary N) is 1. The minimum Gasteiger partial charge on any atom is -0.380 e. The lowest BCUT2D eigenvalue weighted by atomic mass is 10.1.